The fraction of sp³-hybridized carbons (Fsp3) is 0.222. The molecule has 0 heterocycles. The number of esters is 1. The van der Waals surface area contributed by atoms with Crippen molar-refractivity contribution in [2.45, 2.75) is 23.6 Å². The quantitative estimate of drug-likeness (QED) is 0.496. The van der Waals surface area contributed by atoms with Gasteiger partial charge in [0.05, 0.1) is 33.5 Å². The third kappa shape index (κ3) is 5.40. The number of sulfonamides is 1. The monoisotopic (exact) mass is 442 g/mol. The van der Waals surface area contributed by atoms with Crippen LogP contribution in [0.5, 0.6) is 0 Å². The first-order valence-corrected chi connectivity index (χ1v) is 11.2. The molecule has 150 valence electrons. The molecule has 1 amide bonds. The molecule has 2 aromatic rings. The second-order valence-electron chi connectivity index (χ2n) is 5.56. The maximum Gasteiger partial charge on any atom is 0.339 e. The Labute approximate surface area is 172 Å². The van der Waals surface area contributed by atoms with E-state index in [4.69, 9.17) is 16.3 Å². The molecular formula is C18H19ClN2O5S2. The average Bonchev–Trinajstić information content (AvgIpc) is 2.61. The van der Waals surface area contributed by atoms with Crippen LogP contribution in [-0.4, -0.2) is 33.2 Å². The molecule has 0 aromatic heterocycles. The summed E-state index contributed by atoms with van der Waals surface area (Å²) in [5.74, 6) is -0.895. The molecule has 0 saturated heterocycles. The minimum Gasteiger partial charge on any atom is -0.462 e. The third-order valence-electron chi connectivity index (χ3n) is 3.51. The Balaban J connectivity index is 2.32. The Morgan fingerprint density at radius 3 is 2.46 bits per heavy atom. The van der Waals surface area contributed by atoms with Gasteiger partial charge in [-0.05, 0) is 49.6 Å². The fourth-order valence-electron chi connectivity index (χ4n) is 2.31. The van der Waals surface area contributed by atoms with E-state index in [-0.39, 0.29) is 33.7 Å². The Kier molecular flexibility index (Phi) is 7.34. The van der Waals surface area contributed by atoms with Crippen LogP contribution < -0.4 is 10.0 Å². The topological polar surface area (TPSA) is 102 Å². The summed E-state index contributed by atoms with van der Waals surface area (Å²) in [6.45, 7) is 3.22. The van der Waals surface area contributed by atoms with E-state index in [0.717, 1.165) is 4.90 Å². The second-order valence-corrected chi connectivity index (χ2v) is 8.50. The average molecular weight is 443 g/mol. The van der Waals surface area contributed by atoms with E-state index in [1.165, 1.54) is 49.0 Å². The van der Waals surface area contributed by atoms with Crippen molar-refractivity contribution in [3.8, 4) is 0 Å². The Morgan fingerprint density at radius 1 is 1.18 bits per heavy atom. The normalized spacial score (nSPS) is 11.0. The molecule has 0 bridgehead atoms. The number of nitrogens with one attached hydrogen (secondary N) is 2. The van der Waals surface area contributed by atoms with Crippen molar-refractivity contribution in [3.63, 3.8) is 0 Å². The number of carbonyl (C=O) groups is 2. The SMILES string of the molecule is CCOC(=O)c1ccc(NS(=O)(=O)c2ccc(SC)c(NC(C)=O)c2)cc1Cl. The van der Waals surface area contributed by atoms with Gasteiger partial charge in [-0.1, -0.05) is 11.6 Å². The van der Waals surface area contributed by atoms with Crippen LogP contribution in [-0.2, 0) is 19.6 Å². The van der Waals surface area contributed by atoms with Crippen molar-refractivity contribution < 1.29 is 22.7 Å². The summed E-state index contributed by atoms with van der Waals surface area (Å²) < 4.78 is 32.7. The summed E-state index contributed by atoms with van der Waals surface area (Å²) >= 11 is 7.45. The van der Waals surface area contributed by atoms with Crippen LogP contribution in [0.1, 0.15) is 24.2 Å². The van der Waals surface area contributed by atoms with Crippen LogP contribution in [0.15, 0.2) is 46.2 Å². The minimum atomic E-state index is -3.94. The molecule has 0 spiro atoms. The van der Waals surface area contributed by atoms with Crippen molar-refractivity contribution in [2.24, 2.45) is 0 Å². The standard InChI is InChI=1S/C18H19ClN2O5S2/c1-4-26-18(23)14-7-5-12(9-15(14)19)21-28(24,25)13-6-8-17(27-3)16(10-13)20-11(2)22/h5-10,21H,4H2,1-3H3,(H,20,22). The van der Waals surface area contributed by atoms with Gasteiger partial charge in [0.2, 0.25) is 5.91 Å². The highest BCUT2D eigenvalue weighted by Crippen LogP contribution is 2.30. The number of amides is 1. The Hall–Kier alpha value is -2.23. The predicted molar refractivity (Wildman–Crippen MR) is 111 cm³/mol. The largest absolute Gasteiger partial charge is 0.462 e. The summed E-state index contributed by atoms with van der Waals surface area (Å²) in [6.07, 6.45) is 1.82. The van der Waals surface area contributed by atoms with Gasteiger partial charge in [-0.25, -0.2) is 13.2 Å². The summed E-state index contributed by atoms with van der Waals surface area (Å²) in [5, 5.41) is 2.68. The van der Waals surface area contributed by atoms with Crippen LogP contribution in [0.25, 0.3) is 0 Å². The van der Waals surface area contributed by atoms with E-state index in [9.17, 15) is 18.0 Å². The van der Waals surface area contributed by atoms with Crippen LogP contribution in [0.2, 0.25) is 5.02 Å². The first kappa shape index (κ1) is 22.1. The van der Waals surface area contributed by atoms with Crippen molar-refractivity contribution in [1.82, 2.24) is 0 Å². The molecule has 7 nitrogen and oxygen atoms in total. The number of rotatable bonds is 7. The van der Waals surface area contributed by atoms with Crippen LogP contribution >= 0.6 is 23.4 Å². The van der Waals surface area contributed by atoms with Crippen LogP contribution in [0.3, 0.4) is 0 Å². The van der Waals surface area contributed by atoms with E-state index in [2.05, 4.69) is 10.0 Å². The molecule has 28 heavy (non-hydrogen) atoms. The lowest BCUT2D eigenvalue weighted by atomic mass is 10.2. The van der Waals surface area contributed by atoms with Gasteiger partial charge in [-0.15, -0.1) is 11.8 Å². The lowest BCUT2D eigenvalue weighted by molar-refractivity contribution is -0.114. The molecule has 0 fully saturated rings. The smallest absolute Gasteiger partial charge is 0.339 e. The van der Waals surface area contributed by atoms with Crippen LogP contribution in [0, 0.1) is 0 Å². The molecule has 2 aromatic carbocycles. The van der Waals surface area contributed by atoms with E-state index in [1.54, 1.807) is 13.0 Å². The minimum absolute atomic E-state index is 0.0281. The van der Waals surface area contributed by atoms with Crippen molar-refractivity contribution in [3.05, 3.63) is 47.0 Å². The number of carbonyl (C=O) groups excluding carboxylic acids is 2. The number of halogens is 1. The first-order chi connectivity index (χ1) is 13.2. The zero-order chi connectivity index (χ0) is 20.9. The highest BCUT2D eigenvalue weighted by atomic mass is 35.5. The number of anilines is 2. The number of hydrogen-bond donors (Lipinski definition) is 2. The van der Waals surface area contributed by atoms with Gasteiger partial charge in [0, 0.05) is 11.8 Å². The number of ether oxygens (including phenoxy) is 1. The molecule has 0 aliphatic carbocycles. The number of thioether (sulfide) groups is 1. The van der Waals surface area contributed by atoms with Crippen LogP contribution in [0.4, 0.5) is 11.4 Å². The molecule has 0 unspecified atom stereocenters. The highest BCUT2D eigenvalue weighted by molar-refractivity contribution is 7.98. The van der Waals surface area contributed by atoms with Gasteiger partial charge in [0.1, 0.15) is 0 Å². The summed E-state index contributed by atoms with van der Waals surface area (Å²) in [4.78, 5) is 23.9. The van der Waals surface area contributed by atoms with E-state index < -0.39 is 16.0 Å². The van der Waals surface area contributed by atoms with Gasteiger partial charge in [0.15, 0.2) is 0 Å². The maximum absolute atomic E-state index is 12.7. The summed E-state index contributed by atoms with van der Waals surface area (Å²) in [7, 11) is -3.94. The molecule has 0 radical (unpaired) electrons. The van der Waals surface area contributed by atoms with E-state index in [1.807, 2.05) is 6.26 Å². The molecule has 0 aliphatic rings. The summed E-state index contributed by atoms with van der Waals surface area (Å²) in [6, 6.07) is 8.56. The van der Waals surface area contributed by atoms with Gasteiger partial charge in [-0.2, -0.15) is 0 Å². The molecule has 2 N–H and O–H groups in total. The predicted octanol–water partition coefficient (Wildman–Crippen LogP) is 4.00. The number of hydrogen-bond acceptors (Lipinski definition) is 6. The Morgan fingerprint density at radius 2 is 1.89 bits per heavy atom. The van der Waals surface area contributed by atoms with E-state index >= 15 is 0 Å². The van der Waals surface area contributed by atoms with Crippen molar-refractivity contribution >= 4 is 56.6 Å². The van der Waals surface area contributed by atoms with Crippen molar-refractivity contribution in [1.29, 1.82) is 0 Å². The van der Waals surface area contributed by atoms with Gasteiger partial charge in [-0.3, -0.25) is 9.52 Å². The highest BCUT2D eigenvalue weighted by Gasteiger charge is 2.18. The third-order valence-corrected chi connectivity index (χ3v) is 6.00. The van der Waals surface area contributed by atoms with E-state index in [0.29, 0.717) is 5.69 Å². The van der Waals surface area contributed by atoms with Gasteiger partial charge >= 0.3 is 5.97 Å². The summed E-state index contributed by atoms with van der Waals surface area (Å²) in [5.41, 5.74) is 0.732. The van der Waals surface area contributed by atoms with Crippen molar-refractivity contribution in [2.75, 3.05) is 22.9 Å². The zero-order valence-electron chi connectivity index (χ0n) is 15.4. The molecule has 0 aliphatic heterocycles. The Bertz CT molecular complexity index is 1010. The fourth-order valence-corrected chi connectivity index (χ4v) is 4.18. The molecule has 0 atom stereocenters. The molecule has 0 saturated carbocycles. The maximum atomic E-state index is 12.7. The molecular weight excluding hydrogens is 424 g/mol. The van der Waals surface area contributed by atoms with Gasteiger partial charge in [0.25, 0.3) is 10.0 Å². The lowest BCUT2D eigenvalue weighted by Gasteiger charge is -2.13. The first-order valence-electron chi connectivity index (χ1n) is 8.13. The molecule has 2 rings (SSSR count). The number of benzene rings is 2. The zero-order valence-corrected chi connectivity index (χ0v) is 17.8. The lowest BCUT2D eigenvalue weighted by Crippen LogP contribution is -2.15. The second kappa shape index (κ2) is 9.31. The van der Waals surface area contributed by atoms with Gasteiger partial charge < -0.3 is 10.1 Å². The molecule has 10 heteroatoms.